The second-order valence-corrected chi connectivity index (χ2v) is 21.0. The van der Waals surface area contributed by atoms with Gasteiger partial charge in [-0.05, 0) is 78.1 Å². The molecule has 3 aromatic rings. The quantitative estimate of drug-likeness (QED) is 0.0278. The van der Waals surface area contributed by atoms with E-state index in [9.17, 15) is 33.1 Å². The summed E-state index contributed by atoms with van der Waals surface area (Å²) < 4.78 is 72.1. The summed E-state index contributed by atoms with van der Waals surface area (Å²) in [6.07, 6.45) is 2.22. The highest BCUT2D eigenvalue weighted by Crippen LogP contribution is 2.35. The zero-order chi connectivity index (χ0) is 54.8. The Kier molecular flexibility index (Phi) is 19.3. The van der Waals surface area contributed by atoms with Crippen molar-refractivity contribution in [1.29, 1.82) is 5.41 Å². The SMILES string of the molecule is COC(=O)NC(C(=O)N[C@@H](Cc1ccc(C#Cc2ccc(N3CC4CCC(C3)N4C3COC3)nc2)cc1)[C@@H](O)CN(Cc1c(F)cc(C(=N)/C=C\NC(F)F)cc1F)NC(=O)[C@@H](NC(=O)OC)C(C)(C)C)C(C)(C)C. The van der Waals surface area contributed by atoms with Crippen molar-refractivity contribution in [2.75, 3.05) is 52.0 Å². The van der Waals surface area contributed by atoms with Gasteiger partial charge in [0.2, 0.25) is 5.91 Å². The molecule has 0 spiro atoms. The van der Waals surface area contributed by atoms with Crippen LogP contribution in [0.2, 0.25) is 0 Å². The summed E-state index contributed by atoms with van der Waals surface area (Å²) in [6, 6.07) is 10.4. The van der Waals surface area contributed by atoms with Crippen molar-refractivity contribution in [3.05, 3.63) is 106 Å². The van der Waals surface area contributed by atoms with Gasteiger partial charge in [0.1, 0.15) is 29.5 Å². The number of benzene rings is 2. The topological polar surface area (TPSA) is 223 Å². The number of amides is 4. The second kappa shape index (κ2) is 25.2. The molecule has 3 aliphatic rings. The molecule has 3 aliphatic heterocycles. The fourth-order valence-electron chi connectivity index (χ4n) is 9.26. The number of carbonyl (C=O) groups is 4. The van der Waals surface area contributed by atoms with Gasteiger partial charge in [-0.25, -0.2) is 28.4 Å². The largest absolute Gasteiger partial charge is 0.453 e. The number of hydrazine groups is 1. The molecule has 3 fully saturated rings. The van der Waals surface area contributed by atoms with Crippen LogP contribution in [0.25, 0.3) is 0 Å². The van der Waals surface area contributed by atoms with E-state index in [2.05, 4.69) is 43.0 Å². The van der Waals surface area contributed by atoms with E-state index in [1.165, 1.54) is 12.8 Å². The van der Waals surface area contributed by atoms with Crippen molar-refractivity contribution in [2.24, 2.45) is 10.8 Å². The van der Waals surface area contributed by atoms with E-state index < -0.39 is 102 Å². The van der Waals surface area contributed by atoms with Crippen LogP contribution in [-0.2, 0) is 36.8 Å². The van der Waals surface area contributed by atoms with E-state index in [1.807, 2.05) is 12.1 Å². The summed E-state index contributed by atoms with van der Waals surface area (Å²) in [5.74, 6) is 3.29. The van der Waals surface area contributed by atoms with Crippen LogP contribution in [0.4, 0.5) is 33.0 Å². The van der Waals surface area contributed by atoms with E-state index in [0.717, 1.165) is 81.3 Å². The lowest BCUT2D eigenvalue weighted by molar-refractivity contribution is -0.132. The molecule has 3 saturated heterocycles. The van der Waals surface area contributed by atoms with Crippen molar-refractivity contribution < 1.29 is 56.1 Å². The Bertz CT molecular complexity index is 2560. The van der Waals surface area contributed by atoms with Gasteiger partial charge in [0.15, 0.2) is 0 Å². The third kappa shape index (κ3) is 15.6. The van der Waals surface area contributed by atoms with E-state index in [1.54, 1.807) is 77.3 Å². The lowest BCUT2D eigenvalue weighted by Gasteiger charge is -2.47. The molecule has 0 aliphatic carbocycles. The summed E-state index contributed by atoms with van der Waals surface area (Å²) in [5.41, 5.74) is 1.29. The molecule has 3 unspecified atom stereocenters. The molecule has 406 valence electrons. The van der Waals surface area contributed by atoms with Crippen LogP contribution in [0.1, 0.15) is 82.2 Å². The van der Waals surface area contributed by atoms with Gasteiger partial charge in [-0.15, -0.1) is 0 Å². The number of pyridine rings is 1. The first-order chi connectivity index (χ1) is 35.4. The van der Waals surface area contributed by atoms with Crippen molar-refractivity contribution >= 4 is 35.5 Å². The maximum Gasteiger partial charge on any atom is 0.407 e. The number of aromatic nitrogens is 1. The molecule has 6 atom stereocenters. The van der Waals surface area contributed by atoms with Crippen LogP contribution in [0.5, 0.6) is 0 Å². The number of hydrogen-bond donors (Lipinski definition) is 7. The molecule has 75 heavy (non-hydrogen) atoms. The van der Waals surface area contributed by atoms with Gasteiger partial charge < -0.3 is 50.9 Å². The van der Waals surface area contributed by atoms with Gasteiger partial charge >= 0.3 is 18.7 Å². The third-order valence-electron chi connectivity index (χ3n) is 13.3. The van der Waals surface area contributed by atoms with E-state index in [-0.39, 0.29) is 12.0 Å². The number of alkyl halides is 2. The fourth-order valence-corrected chi connectivity index (χ4v) is 9.26. The molecule has 2 bridgehead atoms. The van der Waals surface area contributed by atoms with Crippen LogP contribution in [0.15, 0.2) is 67.0 Å². The standard InChI is InChI=1S/C53H68F4N10O8/c1-52(2,3)45(62-50(71)73-7)47(69)61-42(21-32-12-9-31(10-13-32)11-14-33-15-18-44(60-24-33)65-25-35-16-17-36(26-65)67(35)37-29-75-30-37)43(68)28-66(64-48(70)46(53(4,5)6)63-51(72)74-8)27-38-39(54)22-34(23-40(38)55)41(58)19-20-59-49(56)57/h9-10,12-13,15,18-20,22-24,35-37,42-43,45-46,49,58-59,68H,16-17,21,25-30H2,1-8H3,(H,61,69)(H,62,71)(H,63,72)(H,64,70)/b20-19-,58-41?/t35?,36?,42-,43-,45?,46+/m0/s1. The van der Waals surface area contributed by atoms with Crippen molar-refractivity contribution in [1.82, 2.24) is 41.6 Å². The van der Waals surface area contributed by atoms with Crippen LogP contribution in [0, 0.1) is 39.7 Å². The Hall–Kier alpha value is -6.80. The Balaban J connectivity index is 1.25. The highest BCUT2D eigenvalue weighted by Gasteiger charge is 2.45. The lowest BCUT2D eigenvalue weighted by Crippen LogP contribution is -2.62. The predicted molar refractivity (Wildman–Crippen MR) is 271 cm³/mol. The zero-order valence-electron chi connectivity index (χ0n) is 43.4. The third-order valence-corrected chi connectivity index (χ3v) is 13.3. The first-order valence-electron chi connectivity index (χ1n) is 24.6. The minimum atomic E-state index is -2.94. The second-order valence-electron chi connectivity index (χ2n) is 21.0. The number of hydrogen-bond acceptors (Lipinski definition) is 14. The number of allylic oxidation sites excluding steroid dienone is 1. The van der Waals surface area contributed by atoms with Gasteiger partial charge in [-0.2, -0.15) is 8.78 Å². The summed E-state index contributed by atoms with van der Waals surface area (Å²) in [4.78, 5) is 62.8. The molecule has 0 saturated carbocycles. The first-order valence-corrected chi connectivity index (χ1v) is 24.6. The van der Waals surface area contributed by atoms with Gasteiger partial charge in [-0.3, -0.25) is 19.9 Å². The molecule has 1 aromatic heterocycles. The summed E-state index contributed by atoms with van der Waals surface area (Å²) >= 11 is 0. The number of nitrogens with zero attached hydrogens (tertiary/aromatic N) is 4. The maximum atomic E-state index is 15.9. The van der Waals surface area contributed by atoms with Gasteiger partial charge in [0, 0.05) is 72.9 Å². The minimum Gasteiger partial charge on any atom is -0.453 e. The van der Waals surface area contributed by atoms with Gasteiger partial charge in [-0.1, -0.05) is 65.5 Å². The molecule has 0 radical (unpaired) electrons. The Morgan fingerprint density at radius 3 is 1.92 bits per heavy atom. The maximum absolute atomic E-state index is 15.9. The zero-order valence-corrected chi connectivity index (χ0v) is 43.4. The summed E-state index contributed by atoms with van der Waals surface area (Å²) in [5, 5.41) is 30.8. The predicted octanol–water partition coefficient (Wildman–Crippen LogP) is 4.97. The average Bonchev–Trinajstić information content (AvgIpc) is 3.56. The number of aliphatic hydroxyl groups is 1. The monoisotopic (exact) mass is 1050 g/mol. The summed E-state index contributed by atoms with van der Waals surface area (Å²) in [7, 11) is 2.24. The Morgan fingerprint density at radius 1 is 0.853 bits per heavy atom. The number of halogens is 4. The van der Waals surface area contributed by atoms with E-state index in [4.69, 9.17) is 24.6 Å². The molecule has 4 heterocycles. The van der Waals surface area contributed by atoms with Crippen LogP contribution < -0.4 is 31.6 Å². The first kappa shape index (κ1) is 57.5. The number of methoxy groups -OCH3 is 2. The summed E-state index contributed by atoms with van der Waals surface area (Å²) in [6.45, 7) is 9.21. The molecule has 6 rings (SSSR count). The number of rotatable bonds is 19. The van der Waals surface area contributed by atoms with Crippen molar-refractivity contribution in [3.63, 3.8) is 0 Å². The van der Waals surface area contributed by atoms with Crippen LogP contribution in [-0.4, -0.2) is 146 Å². The Labute approximate surface area is 434 Å². The van der Waals surface area contributed by atoms with Gasteiger partial charge in [0.05, 0.1) is 51.3 Å². The number of piperazine rings is 1. The average molecular weight is 1050 g/mol. The van der Waals surface area contributed by atoms with Crippen molar-refractivity contribution in [2.45, 2.75) is 116 Å². The van der Waals surface area contributed by atoms with Crippen LogP contribution >= 0.6 is 0 Å². The number of fused-ring (bicyclic) bond motifs is 2. The van der Waals surface area contributed by atoms with Gasteiger partial charge in [0.25, 0.3) is 5.91 Å². The fraction of sp³-hybridized carbons (Fsp3) is 0.509. The van der Waals surface area contributed by atoms with E-state index in [0.29, 0.717) is 29.3 Å². The number of nitrogens with one attached hydrogen (secondary N) is 6. The molecule has 2 aromatic carbocycles. The molecule has 4 amide bonds. The number of ether oxygens (including phenoxy) is 3. The molecule has 18 nitrogen and oxygen atoms in total. The number of aliphatic hydroxyl groups excluding tert-OH is 1. The molecular formula is C53H68F4N10O8. The van der Waals surface area contributed by atoms with E-state index >= 15 is 8.78 Å². The highest BCUT2D eigenvalue weighted by atomic mass is 19.3. The number of anilines is 1. The number of alkyl carbamates (subject to hydrolysis) is 2. The molecule has 7 N–H and O–H groups in total. The number of carbonyl (C=O) groups excluding carboxylic acids is 4. The lowest BCUT2D eigenvalue weighted by atomic mass is 9.85. The highest BCUT2D eigenvalue weighted by molar-refractivity contribution is 6.06. The Morgan fingerprint density at radius 2 is 1.41 bits per heavy atom. The smallest absolute Gasteiger partial charge is 0.407 e. The normalized spacial score (nSPS) is 18.5. The van der Waals surface area contributed by atoms with Crippen LogP contribution in [0.3, 0.4) is 0 Å². The van der Waals surface area contributed by atoms with Crippen molar-refractivity contribution in [3.8, 4) is 11.8 Å². The molecular weight excluding hydrogens is 981 g/mol. The molecule has 22 heteroatoms. The minimum absolute atomic E-state index is 0.0464.